The van der Waals surface area contributed by atoms with E-state index in [1.807, 2.05) is 0 Å². The van der Waals surface area contributed by atoms with Crippen molar-refractivity contribution in [3.8, 4) is 0 Å². The number of nitrogens with one attached hydrogen (secondary N) is 2. The molecular formula is C16H22FN3O. The number of halogens is 1. The minimum Gasteiger partial charge on any atom is -0.351 e. The van der Waals surface area contributed by atoms with Crippen LogP contribution < -0.4 is 10.6 Å². The molecule has 1 aromatic carbocycles. The van der Waals surface area contributed by atoms with Crippen molar-refractivity contribution in [2.24, 2.45) is 11.8 Å². The Morgan fingerprint density at radius 3 is 2.76 bits per heavy atom. The highest BCUT2D eigenvalue weighted by Gasteiger charge is 2.36. The fraction of sp³-hybridized carbons (Fsp3) is 0.562. The Balaban J connectivity index is 1.45. The smallest absolute Gasteiger partial charge is 0.234 e. The summed E-state index contributed by atoms with van der Waals surface area (Å²) in [6.07, 6.45) is 0. The largest absolute Gasteiger partial charge is 0.351 e. The van der Waals surface area contributed by atoms with Gasteiger partial charge in [-0.3, -0.25) is 9.69 Å². The van der Waals surface area contributed by atoms with Crippen LogP contribution in [0, 0.1) is 24.6 Å². The third-order valence-electron chi connectivity index (χ3n) is 4.54. The normalized spacial score (nSPS) is 25.0. The molecule has 2 aliphatic heterocycles. The summed E-state index contributed by atoms with van der Waals surface area (Å²) in [4.78, 5) is 14.2. The topological polar surface area (TPSA) is 44.4 Å². The number of likely N-dealkylation sites (tertiary alicyclic amines) is 1. The third-order valence-corrected chi connectivity index (χ3v) is 4.54. The van der Waals surface area contributed by atoms with E-state index in [0.717, 1.165) is 31.7 Å². The zero-order valence-electron chi connectivity index (χ0n) is 12.4. The number of amides is 1. The summed E-state index contributed by atoms with van der Waals surface area (Å²) in [5.41, 5.74) is 1.55. The van der Waals surface area contributed by atoms with Gasteiger partial charge in [-0.05, 0) is 49.0 Å². The maximum atomic E-state index is 13.2. The summed E-state index contributed by atoms with van der Waals surface area (Å²) in [6.45, 7) is 6.85. The number of hydrogen-bond acceptors (Lipinski definition) is 3. The van der Waals surface area contributed by atoms with E-state index >= 15 is 0 Å². The number of fused-ring (bicyclic) bond motifs is 1. The van der Waals surface area contributed by atoms with Crippen molar-refractivity contribution in [1.82, 2.24) is 15.5 Å². The van der Waals surface area contributed by atoms with Crippen molar-refractivity contribution in [3.05, 3.63) is 35.1 Å². The molecule has 1 amide bonds. The van der Waals surface area contributed by atoms with Gasteiger partial charge in [-0.25, -0.2) is 4.39 Å². The quantitative estimate of drug-likeness (QED) is 0.866. The van der Waals surface area contributed by atoms with Crippen molar-refractivity contribution in [1.29, 1.82) is 0 Å². The van der Waals surface area contributed by atoms with Crippen molar-refractivity contribution in [3.63, 3.8) is 0 Å². The summed E-state index contributed by atoms with van der Waals surface area (Å²) < 4.78 is 13.2. The minimum absolute atomic E-state index is 0.0462. The average molecular weight is 291 g/mol. The highest BCUT2D eigenvalue weighted by molar-refractivity contribution is 5.78. The van der Waals surface area contributed by atoms with Crippen LogP contribution in [-0.4, -0.2) is 43.5 Å². The Morgan fingerprint density at radius 2 is 2.10 bits per heavy atom. The molecule has 0 aliphatic carbocycles. The number of carbonyl (C=O) groups excluding carboxylic acids is 1. The molecule has 2 fully saturated rings. The van der Waals surface area contributed by atoms with Gasteiger partial charge in [0.05, 0.1) is 6.54 Å². The van der Waals surface area contributed by atoms with Gasteiger partial charge in [0.2, 0.25) is 5.91 Å². The summed E-state index contributed by atoms with van der Waals surface area (Å²) in [5.74, 6) is 1.25. The maximum Gasteiger partial charge on any atom is 0.234 e. The summed E-state index contributed by atoms with van der Waals surface area (Å²) in [6, 6.07) is 4.95. The second-order valence-corrected chi connectivity index (χ2v) is 6.23. The van der Waals surface area contributed by atoms with Crippen molar-refractivity contribution < 1.29 is 9.18 Å². The number of carbonyl (C=O) groups is 1. The first kappa shape index (κ1) is 14.5. The molecular weight excluding hydrogens is 269 g/mol. The lowest BCUT2D eigenvalue weighted by molar-refractivity contribution is -0.122. The van der Waals surface area contributed by atoms with Crippen LogP contribution in [0.25, 0.3) is 0 Å². The van der Waals surface area contributed by atoms with Gasteiger partial charge in [0.15, 0.2) is 0 Å². The number of hydrogen-bond donors (Lipinski definition) is 2. The highest BCUT2D eigenvalue weighted by Crippen LogP contribution is 2.25. The van der Waals surface area contributed by atoms with Gasteiger partial charge in [-0.2, -0.15) is 0 Å². The second kappa shape index (κ2) is 6.12. The van der Waals surface area contributed by atoms with Gasteiger partial charge in [-0.1, -0.05) is 12.1 Å². The van der Waals surface area contributed by atoms with Crippen LogP contribution in [0.15, 0.2) is 18.2 Å². The Morgan fingerprint density at radius 1 is 1.38 bits per heavy atom. The molecule has 2 atom stereocenters. The molecule has 3 rings (SSSR count). The maximum absolute atomic E-state index is 13.2. The molecule has 0 spiro atoms. The first-order valence-electron chi connectivity index (χ1n) is 7.56. The molecule has 0 radical (unpaired) electrons. The number of benzene rings is 1. The molecule has 5 heteroatoms. The van der Waals surface area contributed by atoms with Crippen LogP contribution >= 0.6 is 0 Å². The summed E-state index contributed by atoms with van der Waals surface area (Å²) in [7, 11) is 0. The van der Waals surface area contributed by atoms with Crippen LogP contribution in [0.4, 0.5) is 4.39 Å². The van der Waals surface area contributed by atoms with Gasteiger partial charge >= 0.3 is 0 Å². The Hall–Kier alpha value is -1.46. The molecule has 2 N–H and O–H groups in total. The van der Waals surface area contributed by atoms with Gasteiger partial charge in [0, 0.05) is 19.6 Å². The van der Waals surface area contributed by atoms with Crippen molar-refractivity contribution in [2.75, 3.05) is 32.7 Å². The molecule has 2 saturated heterocycles. The van der Waals surface area contributed by atoms with Gasteiger partial charge in [0.25, 0.3) is 0 Å². The van der Waals surface area contributed by atoms with E-state index in [1.54, 1.807) is 19.1 Å². The Kier molecular flexibility index (Phi) is 4.22. The molecule has 1 aromatic rings. The summed E-state index contributed by atoms with van der Waals surface area (Å²) in [5, 5.41) is 6.32. The van der Waals surface area contributed by atoms with Crippen LogP contribution in [0.1, 0.15) is 11.1 Å². The molecule has 21 heavy (non-hydrogen) atoms. The molecule has 0 unspecified atom stereocenters. The average Bonchev–Trinajstić information content (AvgIpc) is 3.01. The van der Waals surface area contributed by atoms with E-state index < -0.39 is 0 Å². The zero-order chi connectivity index (χ0) is 14.8. The van der Waals surface area contributed by atoms with E-state index in [4.69, 9.17) is 0 Å². The second-order valence-electron chi connectivity index (χ2n) is 6.23. The molecule has 4 nitrogen and oxygen atoms in total. The van der Waals surface area contributed by atoms with Gasteiger partial charge in [0.1, 0.15) is 5.82 Å². The molecule has 2 heterocycles. The van der Waals surface area contributed by atoms with E-state index in [9.17, 15) is 9.18 Å². The Bertz CT molecular complexity index is 522. The minimum atomic E-state index is -0.206. The third kappa shape index (κ3) is 3.41. The van der Waals surface area contributed by atoms with E-state index in [2.05, 4.69) is 15.5 Å². The number of aryl methyl sites for hydroxylation is 1. The SMILES string of the molecule is Cc1cc(CNC(=O)CN2C[C@H]3CNC[C@H]3C2)ccc1F. The molecule has 2 aliphatic rings. The molecule has 0 bridgehead atoms. The summed E-state index contributed by atoms with van der Waals surface area (Å²) >= 11 is 0. The fourth-order valence-corrected chi connectivity index (χ4v) is 3.36. The predicted molar refractivity (Wildman–Crippen MR) is 79.3 cm³/mol. The van der Waals surface area contributed by atoms with E-state index in [-0.39, 0.29) is 11.7 Å². The highest BCUT2D eigenvalue weighted by atomic mass is 19.1. The molecule has 0 saturated carbocycles. The zero-order valence-corrected chi connectivity index (χ0v) is 12.4. The van der Waals surface area contributed by atoms with Gasteiger partial charge in [-0.15, -0.1) is 0 Å². The van der Waals surface area contributed by atoms with Crippen molar-refractivity contribution in [2.45, 2.75) is 13.5 Å². The molecule has 114 valence electrons. The van der Waals surface area contributed by atoms with Crippen LogP contribution in [0.5, 0.6) is 0 Å². The monoisotopic (exact) mass is 291 g/mol. The Labute approximate surface area is 124 Å². The first-order chi connectivity index (χ1) is 10.1. The standard InChI is InChI=1S/C16H22FN3O/c1-11-4-12(2-3-15(11)17)5-19-16(21)10-20-8-13-6-18-7-14(13)9-20/h2-4,13-14,18H,5-10H2,1H3,(H,19,21)/t13-,14+. The van der Waals surface area contributed by atoms with E-state index in [1.165, 1.54) is 6.07 Å². The lowest BCUT2D eigenvalue weighted by Crippen LogP contribution is -2.37. The van der Waals surface area contributed by atoms with Crippen LogP contribution in [0.2, 0.25) is 0 Å². The lowest BCUT2D eigenvalue weighted by Gasteiger charge is -2.16. The van der Waals surface area contributed by atoms with Crippen LogP contribution in [0.3, 0.4) is 0 Å². The van der Waals surface area contributed by atoms with Gasteiger partial charge < -0.3 is 10.6 Å². The predicted octanol–water partition coefficient (Wildman–Crippen LogP) is 0.902. The number of nitrogens with zero attached hydrogens (tertiary/aromatic N) is 1. The van der Waals surface area contributed by atoms with Crippen LogP contribution in [-0.2, 0) is 11.3 Å². The van der Waals surface area contributed by atoms with E-state index in [0.29, 0.717) is 30.5 Å². The van der Waals surface area contributed by atoms with Crippen molar-refractivity contribution >= 4 is 5.91 Å². The first-order valence-corrected chi connectivity index (χ1v) is 7.56. The molecule has 0 aromatic heterocycles. The fourth-order valence-electron chi connectivity index (χ4n) is 3.36. The lowest BCUT2D eigenvalue weighted by atomic mass is 10.0. The number of rotatable bonds is 4.